The minimum absolute atomic E-state index is 0.0211. The Bertz CT molecular complexity index is 1390. The summed E-state index contributed by atoms with van der Waals surface area (Å²) in [6, 6.07) is 17.3. The normalized spacial score (nSPS) is 14.7. The van der Waals surface area contributed by atoms with E-state index in [0.29, 0.717) is 29.4 Å². The number of hydrogen-bond donors (Lipinski definition) is 1. The lowest BCUT2D eigenvalue weighted by molar-refractivity contribution is -0.116. The second-order valence-corrected chi connectivity index (χ2v) is 8.76. The van der Waals surface area contributed by atoms with Gasteiger partial charge in [-0.15, -0.1) is 11.8 Å². The van der Waals surface area contributed by atoms with Gasteiger partial charge in [0.25, 0.3) is 0 Å². The van der Waals surface area contributed by atoms with E-state index in [0.717, 1.165) is 27.4 Å². The third-order valence-corrected chi connectivity index (χ3v) is 6.45. The summed E-state index contributed by atoms with van der Waals surface area (Å²) in [4.78, 5) is 16.6. The highest BCUT2D eigenvalue weighted by atomic mass is 32.2. The number of methoxy groups -OCH3 is 2. The molecular weight excluding hydrogens is 436 g/mol. The lowest BCUT2D eigenvalue weighted by Crippen LogP contribution is -2.18. The number of benzene rings is 3. The predicted octanol–water partition coefficient (Wildman–Crippen LogP) is 6.16. The van der Waals surface area contributed by atoms with E-state index in [9.17, 15) is 4.79 Å². The molecule has 33 heavy (non-hydrogen) atoms. The van der Waals surface area contributed by atoms with Gasteiger partial charge in [-0.1, -0.05) is 18.2 Å². The molecule has 1 aliphatic heterocycles. The van der Waals surface area contributed by atoms with E-state index in [1.807, 2.05) is 66.1 Å². The number of fused-ring (bicyclic) bond motifs is 2. The summed E-state index contributed by atoms with van der Waals surface area (Å²) in [5.41, 5.74) is 1.54. The Kier molecular flexibility index (Phi) is 5.79. The molecule has 1 unspecified atom stereocenters. The molecule has 0 bridgehead atoms. The number of aromatic nitrogens is 1. The van der Waals surface area contributed by atoms with Gasteiger partial charge in [-0.2, -0.15) is 0 Å². The molecule has 1 aliphatic rings. The Labute approximate surface area is 195 Å². The Balaban J connectivity index is 1.38. The summed E-state index contributed by atoms with van der Waals surface area (Å²) < 4.78 is 17.0. The third-order valence-electron chi connectivity index (χ3n) is 5.46. The molecule has 0 spiro atoms. The standard InChI is InChI=1S/C26H22N2O4S/c1-30-24-14-21-22(15-25(24)31-2)27-9-7-23(21)32-19-6-4-16-11-18(5-3-17(16)12-19)28-26(29)13-20-8-10-33-20/h3-12,14-15,20H,13H2,1-2H3,(H,28,29). The van der Waals surface area contributed by atoms with Crippen LogP contribution in [0.15, 0.2) is 72.3 Å². The maximum absolute atomic E-state index is 12.2. The van der Waals surface area contributed by atoms with Crippen LogP contribution in [-0.4, -0.2) is 30.4 Å². The fraction of sp³-hybridized carbons (Fsp3) is 0.154. The molecule has 0 fully saturated rings. The summed E-state index contributed by atoms with van der Waals surface area (Å²) in [6.07, 6.45) is 4.24. The first kappa shape index (κ1) is 21.2. The van der Waals surface area contributed by atoms with Gasteiger partial charge < -0.3 is 19.5 Å². The molecule has 5 rings (SSSR count). The Morgan fingerprint density at radius 2 is 1.73 bits per heavy atom. The molecule has 7 heteroatoms. The monoisotopic (exact) mass is 458 g/mol. The number of ether oxygens (including phenoxy) is 3. The number of carbonyl (C=O) groups is 1. The predicted molar refractivity (Wildman–Crippen MR) is 133 cm³/mol. The van der Waals surface area contributed by atoms with Gasteiger partial charge in [-0.05, 0) is 52.6 Å². The summed E-state index contributed by atoms with van der Waals surface area (Å²) in [5, 5.41) is 8.14. The number of amides is 1. The number of anilines is 1. The van der Waals surface area contributed by atoms with E-state index in [4.69, 9.17) is 14.2 Å². The zero-order valence-corrected chi connectivity index (χ0v) is 19.0. The maximum Gasteiger partial charge on any atom is 0.225 e. The van der Waals surface area contributed by atoms with E-state index < -0.39 is 0 Å². The molecule has 0 saturated heterocycles. The smallest absolute Gasteiger partial charge is 0.225 e. The van der Waals surface area contributed by atoms with Crippen LogP contribution in [0.1, 0.15) is 6.42 Å². The fourth-order valence-electron chi connectivity index (χ4n) is 3.73. The summed E-state index contributed by atoms with van der Waals surface area (Å²) in [7, 11) is 3.20. The minimum Gasteiger partial charge on any atom is -0.493 e. The third kappa shape index (κ3) is 4.45. The van der Waals surface area contributed by atoms with Gasteiger partial charge >= 0.3 is 0 Å². The molecule has 2 heterocycles. The van der Waals surface area contributed by atoms with Crippen molar-refractivity contribution in [3.05, 3.63) is 72.3 Å². The molecule has 6 nitrogen and oxygen atoms in total. The maximum atomic E-state index is 12.2. The molecular formula is C26H22N2O4S. The Morgan fingerprint density at radius 1 is 0.970 bits per heavy atom. The lowest BCUT2D eigenvalue weighted by atomic mass is 10.1. The van der Waals surface area contributed by atoms with Crippen LogP contribution >= 0.6 is 11.8 Å². The molecule has 4 aromatic rings. The molecule has 166 valence electrons. The van der Waals surface area contributed by atoms with Gasteiger partial charge in [-0.25, -0.2) is 0 Å². The van der Waals surface area contributed by atoms with E-state index in [2.05, 4.69) is 10.3 Å². The average molecular weight is 459 g/mol. The first-order valence-electron chi connectivity index (χ1n) is 10.5. The van der Waals surface area contributed by atoms with Crippen molar-refractivity contribution in [3.63, 3.8) is 0 Å². The van der Waals surface area contributed by atoms with Crippen molar-refractivity contribution in [1.29, 1.82) is 0 Å². The van der Waals surface area contributed by atoms with Crippen LogP contribution in [0.5, 0.6) is 23.0 Å². The summed E-state index contributed by atoms with van der Waals surface area (Å²) in [5.74, 6) is 2.63. The first-order chi connectivity index (χ1) is 16.1. The minimum atomic E-state index is 0.0211. The highest BCUT2D eigenvalue weighted by molar-refractivity contribution is 8.04. The molecule has 1 N–H and O–H groups in total. The van der Waals surface area contributed by atoms with Crippen molar-refractivity contribution < 1.29 is 19.0 Å². The molecule has 1 atom stereocenters. The number of thioether (sulfide) groups is 1. The molecule has 1 amide bonds. The SMILES string of the molecule is COc1cc2nccc(Oc3ccc4cc(NC(=O)CC5C=CS5)ccc4c3)c2cc1OC. The van der Waals surface area contributed by atoms with Gasteiger partial charge in [-0.3, -0.25) is 9.78 Å². The molecule has 3 aromatic carbocycles. The number of rotatable bonds is 7. The van der Waals surface area contributed by atoms with Crippen molar-refractivity contribution in [3.8, 4) is 23.0 Å². The largest absolute Gasteiger partial charge is 0.493 e. The molecule has 1 aromatic heterocycles. The van der Waals surface area contributed by atoms with Crippen molar-refractivity contribution in [2.24, 2.45) is 0 Å². The average Bonchev–Trinajstić information content (AvgIpc) is 2.81. The van der Waals surface area contributed by atoms with Crippen LogP contribution in [0.4, 0.5) is 5.69 Å². The molecule has 0 saturated carbocycles. The van der Waals surface area contributed by atoms with Crippen LogP contribution in [0, 0.1) is 0 Å². The van der Waals surface area contributed by atoms with E-state index in [-0.39, 0.29) is 11.2 Å². The van der Waals surface area contributed by atoms with Gasteiger partial charge in [0.1, 0.15) is 11.5 Å². The quantitative estimate of drug-likeness (QED) is 0.358. The number of nitrogens with one attached hydrogen (secondary N) is 1. The van der Waals surface area contributed by atoms with Gasteiger partial charge in [0.2, 0.25) is 5.91 Å². The molecule has 0 radical (unpaired) electrons. The number of pyridine rings is 1. The zero-order valence-electron chi connectivity index (χ0n) is 18.2. The molecule has 0 aliphatic carbocycles. The van der Waals surface area contributed by atoms with Crippen LogP contribution < -0.4 is 19.5 Å². The Hall–Kier alpha value is -3.71. The highest BCUT2D eigenvalue weighted by Gasteiger charge is 2.16. The zero-order chi connectivity index (χ0) is 22.8. The van der Waals surface area contributed by atoms with Gasteiger partial charge in [0.05, 0.1) is 19.7 Å². The number of hydrogen-bond acceptors (Lipinski definition) is 6. The van der Waals surface area contributed by atoms with Crippen LogP contribution in [0.3, 0.4) is 0 Å². The number of carbonyl (C=O) groups excluding carboxylic acids is 1. The lowest BCUT2D eigenvalue weighted by Gasteiger charge is -2.16. The van der Waals surface area contributed by atoms with Crippen LogP contribution in [0.2, 0.25) is 0 Å². The van der Waals surface area contributed by atoms with E-state index >= 15 is 0 Å². The first-order valence-corrected chi connectivity index (χ1v) is 11.4. The van der Waals surface area contributed by atoms with Crippen LogP contribution in [-0.2, 0) is 4.79 Å². The summed E-state index contributed by atoms with van der Waals surface area (Å²) >= 11 is 1.68. The van der Waals surface area contributed by atoms with E-state index in [1.54, 1.807) is 32.2 Å². The van der Waals surface area contributed by atoms with Gasteiger partial charge in [0.15, 0.2) is 11.5 Å². The van der Waals surface area contributed by atoms with Crippen molar-refractivity contribution >= 4 is 45.0 Å². The van der Waals surface area contributed by atoms with Crippen molar-refractivity contribution in [2.75, 3.05) is 19.5 Å². The van der Waals surface area contributed by atoms with E-state index in [1.165, 1.54) is 0 Å². The second-order valence-electron chi connectivity index (χ2n) is 7.61. The van der Waals surface area contributed by atoms with Crippen LogP contribution in [0.25, 0.3) is 21.7 Å². The van der Waals surface area contributed by atoms with Crippen molar-refractivity contribution in [1.82, 2.24) is 4.98 Å². The summed E-state index contributed by atoms with van der Waals surface area (Å²) in [6.45, 7) is 0. The topological polar surface area (TPSA) is 69.7 Å². The second kappa shape index (κ2) is 9.03. The highest BCUT2D eigenvalue weighted by Crippen LogP contribution is 2.37. The number of nitrogens with zero attached hydrogens (tertiary/aromatic N) is 1. The fourth-order valence-corrected chi connectivity index (χ4v) is 4.36. The Morgan fingerprint density at radius 3 is 2.48 bits per heavy atom. The van der Waals surface area contributed by atoms with Crippen molar-refractivity contribution in [2.45, 2.75) is 11.7 Å². The van der Waals surface area contributed by atoms with Gasteiger partial charge in [0, 0.05) is 35.0 Å².